The van der Waals surface area contributed by atoms with Gasteiger partial charge in [-0.1, -0.05) is 0 Å². The molecule has 3 heterocycles. The first-order valence-corrected chi connectivity index (χ1v) is 9.68. The maximum Gasteiger partial charge on any atom is 0.265 e. The molecular weight excluding hydrogens is 405 g/mol. The smallest absolute Gasteiger partial charge is 0.265 e. The van der Waals surface area contributed by atoms with E-state index in [4.69, 9.17) is 4.74 Å². The lowest BCUT2D eigenvalue weighted by Crippen LogP contribution is -2.31. The van der Waals surface area contributed by atoms with Crippen LogP contribution in [0.15, 0.2) is 24.3 Å². The number of halogens is 2. The van der Waals surface area contributed by atoms with E-state index in [-0.39, 0.29) is 30.7 Å². The molecule has 0 aliphatic carbocycles. The molecule has 148 valence electrons. The molecule has 27 heavy (non-hydrogen) atoms. The topological polar surface area (TPSA) is 54.5 Å². The fourth-order valence-electron chi connectivity index (χ4n) is 3.74. The van der Waals surface area contributed by atoms with Gasteiger partial charge >= 0.3 is 0 Å². The minimum absolute atomic E-state index is 0. The summed E-state index contributed by atoms with van der Waals surface area (Å²) in [6.45, 7) is 8.36. The number of ether oxygens (including phenoxy) is 1. The van der Waals surface area contributed by atoms with E-state index in [0.717, 1.165) is 53.1 Å². The lowest BCUT2D eigenvalue weighted by molar-refractivity contribution is 0.0785. The molecule has 2 fully saturated rings. The average molecular weight is 430 g/mol. The SMILES string of the molecule is CCOc1ccc(-c2nc(C)c(C(=O)N3C[C@H]4CNC[C@H]4C3)s2)cc1.Cl.Cl. The third kappa shape index (κ3) is 4.40. The summed E-state index contributed by atoms with van der Waals surface area (Å²) in [6, 6.07) is 7.91. The van der Waals surface area contributed by atoms with Crippen LogP contribution in [0, 0.1) is 18.8 Å². The Morgan fingerprint density at radius 1 is 1.22 bits per heavy atom. The average Bonchev–Trinajstić information content (AvgIpc) is 3.29. The van der Waals surface area contributed by atoms with E-state index in [1.807, 2.05) is 43.0 Å². The van der Waals surface area contributed by atoms with E-state index in [1.165, 1.54) is 11.3 Å². The molecule has 0 bridgehead atoms. The van der Waals surface area contributed by atoms with Crippen LogP contribution in [0.3, 0.4) is 0 Å². The van der Waals surface area contributed by atoms with Gasteiger partial charge in [0.25, 0.3) is 5.91 Å². The van der Waals surface area contributed by atoms with Gasteiger partial charge in [0.15, 0.2) is 0 Å². The normalized spacial score (nSPS) is 20.6. The molecule has 1 aromatic heterocycles. The molecule has 8 heteroatoms. The van der Waals surface area contributed by atoms with Crippen molar-refractivity contribution >= 4 is 42.1 Å². The Labute approximate surface area is 176 Å². The number of fused-ring (bicyclic) bond motifs is 1. The fraction of sp³-hybridized carbons (Fsp3) is 0.474. The van der Waals surface area contributed by atoms with Crippen LogP contribution in [0.2, 0.25) is 0 Å². The summed E-state index contributed by atoms with van der Waals surface area (Å²) in [5.74, 6) is 2.22. The molecule has 2 saturated heterocycles. The first-order valence-electron chi connectivity index (χ1n) is 8.86. The molecule has 0 spiro atoms. The van der Waals surface area contributed by atoms with Crippen LogP contribution >= 0.6 is 36.2 Å². The maximum atomic E-state index is 12.9. The zero-order valence-corrected chi connectivity index (χ0v) is 17.9. The molecule has 2 aromatic rings. The van der Waals surface area contributed by atoms with E-state index in [9.17, 15) is 4.79 Å². The Morgan fingerprint density at radius 3 is 2.44 bits per heavy atom. The fourth-order valence-corrected chi connectivity index (χ4v) is 4.78. The molecule has 2 atom stereocenters. The third-order valence-corrected chi connectivity index (χ3v) is 6.27. The number of carbonyl (C=O) groups is 1. The van der Waals surface area contributed by atoms with Crippen molar-refractivity contribution in [3.05, 3.63) is 34.8 Å². The van der Waals surface area contributed by atoms with Crippen LogP contribution in [0.4, 0.5) is 0 Å². The molecule has 0 unspecified atom stereocenters. The number of hydrogen-bond acceptors (Lipinski definition) is 5. The predicted molar refractivity (Wildman–Crippen MR) is 114 cm³/mol. The first kappa shape index (κ1) is 22.0. The van der Waals surface area contributed by atoms with Crippen LogP contribution in [-0.2, 0) is 0 Å². The van der Waals surface area contributed by atoms with Gasteiger partial charge in [-0.25, -0.2) is 4.98 Å². The number of aromatic nitrogens is 1. The van der Waals surface area contributed by atoms with E-state index < -0.39 is 0 Å². The highest BCUT2D eigenvalue weighted by Gasteiger charge is 2.39. The lowest BCUT2D eigenvalue weighted by Gasteiger charge is -2.16. The van der Waals surface area contributed by atoms with Gasteiger partial charge in [0.05, 0.1) is 12.3 Å². The largest absolute Gasteiger partial charge is 0.494 e. The number of carbonyl (C=O) groups excluding carboxylic acids is 1. The summed E-state index contributed by atoms with van der Waals surface area (Å²) >= 11 is 1.50. The summed E-state index contributed by atoms with van der Waals surface area (Å²) in [7, 11) is 0. The summed E-state index contributed by atoms with van der Waals surface area (Å²) in [4.78, 5) is 20.4. The van der Waals surface area contributed by atoms with E-state index in [1.54, 1.807) is 0 Å². The molecule has 1 N–H and O–H groups in total. The van der Waals surface area contributed by atoms with Crippen molar-refractivity contribution in [2.45, 2.75) is 13.8 Å². The summed E-state index contributed by atoms with van der Waals surface area (Å²) in [5, 5.41) is 4.31. The number of thiazole rings is 1. The van der Waals surface area contributed by atoms with Gasteiger partial charge in [0, 0.05) is 31.7 Å². The quantitative estimate of drug-likeness (QED) is 0.805. The first-order chi connectivity index (χ1) is 12.2. The van der Waals surface area contributed by atoms with Gasteiger partial charge in [0.1, 0.15) is 15.6 Å². The lowest BCUT2D eigenvalue weighted by atomic mass is 10.0. The molecule has 1 aromatic carbocycles. The van der Waals surface area contributed by atoms with Crippen molar-refractivity contribution in [1.82, 2.24) is 15.2 Å². The second-order valence-electron chi connectivity index (χ2n) is 6.78. The van der Waals surface area contributed by atoms with Crippen molar-refractivity contribution in [2.75, 3.05) is 32.8 Å². The number of likely N-dealkylation sites (tertiary alicyclic amines) is 1. The van der Waals surface area contributed by atoms with Crippen LogP contribution in [0.25, 0.3) is 10.6 Å². The summed E-state index contributed by atoms with van der Waals surface area (Å²) < 4.78 is 5.48. The maximum absolute atomic E-state index is 12.9. The third-order valence-electron chi connectivity index (χ3n) is 5.08. The molecule has 0 saturated carbocycles. The minimum atomic E-state index is 0. The molecule has 2 aliphatic heterocycles. The molecule has 2 aliphatic rings. The van der Waals surface area contributed by atoms with E-state index >= 15 is 0 Å². The summed E-state index contributed by atoms with van der Waals surface area (Å²) in [5.41, 5.74) is 1.85. The number of hydrogen-bond donors (Lipinski definition) is 1. The van der Waals surface area contributed by atoms with E-state index in [0.29, 0.717) is 18.4 Å². The second-order valence-corrected chi connectivity index (χ2v) is 7.78. The number of nitrogens with one attached hydrogen (secondary N) is 1. The molecule has 0 radical (unpaired) electrons. The number of amides is 1. The van der Waals surface area contributed by atoms with Crippen molar-refractivity contribution in [2.24, 2.45) is 11.8 Å². The Kier molecular flexibility index (Phi) is 7.51. The van der Waals surface area contributed by atoms with Gasteiger partial charge < -0.3 is 15.0 Å². The zero-order chi connectivity index (χ0) is 17.4. The van der Waals surface area contributed by atoms with Gasteiger partial charge in [-0.2, -0.15) is 0 Å². The monoisotopic (exact) mass is 429 g/mol. The number of nitrogens with zero attached hydrogens (tertiary/aromatic N) is 2. The second kappa shape index (κ2) is 9.24. The molecular formula is C19H25Cl2N3O2S. The van der Waals surface area contributed by atoms with Gasteiger partial charge in [-0.3, -0.25) is 4.79 Å². The highest BCUT2D eigenvalue weighted by molar-refractivity contribution is 7.17. The van der Waals surface area contributed by atoms with Crippen molar-refractivity contribution in [3.63, 3.8) is 0 Å². The molecule has 1 amide bonds. The van der Waals surface area contributed by atoms with Gasteiger partial charge in [-0.05, 0) is 49.9 Å². The van der Waals surface area contributed by atoms with Gasteiger partial charge in [0.2, 0.25) is 0 Å². The van der Waals surface area contributed by atoms with Crippen LogP contribution in [-0.4, -0.2) is 48.6 Å². The van der Waals surface area contributed by atoms with Crippen LogP contribution in [0.1, 0.15) is 22.3 Å². The standard InChI is InChI=1S/C19H23N3O2S.2ClH/c1-3-24-16-6-4-13(5-7-16)18-21-12(2)17(25-18)19(23)22-10-14-8-20-9-15(14)11-22;;/h4-7,14-15,20H,3,8-11H2,1-2H3;2*1H/t14-,15+;;. The highest BCUT2D eigenvalue weighted by Crippen LogP contribution is 2.33. The number of aryl methyl sites for hydroxylation is 1. The Hall–Kier alpha value is -1.34. The summed E-state index contributed by atoms with van der Waals surface area (Å²) in [6.07, 6.45) is 0. The zero-order valence-electron chi connectivity index (χ0n) is 15.4. The van der Waals surface area contributed by atoms with Gasteiger partial charge in [-0.15, -0.1) is 36.2 Å². The Morgan fingerprint density at radius 2 is 1.85 bits per heavy atom. The number of benzene rings is 1. The van der Waals surface area contributed by atoms with Crippen LogP contribution < -0.4 is 10.1 Å². The molecule has 4 rings (SSSR count). The van der Waals surface area contributed by atoms with Crippen LogP contribution in [0.5, 0.6) is 5.75 Å². The van der Waals surface area contributed by atoms with Crippen molar-refractivity contribution in [3.8, 4) is 16.3 Å². The highest BCUT2D eigenvalue weighted by atomic mass is 35.5. The minimum Gasteiger partial charge on any atom is -0.494 e. The van der Waals surface area contributed by atoms with Crippen molar-refractivity contribution < 1.29 is 9.53 Å². The Bertz CT molecular complexity index is 770. The van der Waals surface area contributed by atoms with E-state index in [2.05, 4.69) is 10.3 Å². The van der Waals surface area contributed by atoms with Crippen molar-refractivity contribution in [1.29, 1.82) is 0 Å². The molecule has 5 nitrogen and oxygen atoms in total. The predicted octanol–water partition coefficient (Wildman–Crippen LogP) is 3.65. The Balaban J connectivity index is 0.00000131. The number of rotatable bonds is 4.